The van der Waals surface area contributed by atoms with Gasteiger partial charge in [0.05, 0.1) is 0 Å². The van der Waals surface area contributed by atoms with E-state index in [4.69, 9.17) is 12.7 Å². The highest BCUT2D eigenvalue weighted by Gasteiger charge is 2.55. The molecule has 0 spiro atoms. The van der Waals surface area contributed by atoms with Crippen LogP contribution in [0.2, 0.25) is 42.3 Å². The van der Waals surface area contributed by atoms with Crippen molar-refractivity contribution in [2.75, 3.05) is 0 Å². The molecule has 0 N–H and O–H groups in total. The van der Waals surface area contributed by atoms with E-state index in [0.29, 0.717) is 5.57 Å². The van der Waals surface area contributed by atoms with Crippen molar-refractivity contribution in [1.29, 1.82) is 0 Å². The van der Waals surface area contributed by atoms with Gasteiger partial charge in [-0.1, -0.05) is 67.9 Å². The van der Waals surface area contributed by atoms with Crippen LogP contribution in [0, 0.1) is 0 Å². The molecule has 2 unspecified atom stereocenters. The van der Waals surface area contributed by atoms with Crippen LogP contribution in [0.4, 0.5) is 0 Å². The molecule has 0 aliphatic heterocycles. The van der Waals surface area contributed by atoms with Crippen LogP contribution in [0.3, 0.4) is 0 Å². The molecule has 2 atom stereocenters. The monoisotopic (exact) mass is 432 g/mol. The van der Waals surface area contributed by atoms with Crippen molar-refractivity contribution < 1.29 is 17.5 Å². The van der Waals surface area contributed by atoms with Gasteiger partial charge in [0.1, 0.15) is 0 Å². The lowest BCUT2D eigenvalue weighted by Crippen LogP contribution is -2.60. The SMILES string of the molecule is C=C(C)C(=O)O[Si](O[Si](C)(C)O[Si](CC)(CC)CC)(C(C)CC)C(C)CC. The number of carbonyl (C=O) groups excluding carboxylic acids is 1. The van der Waals surface area contributed by atoms with Crippen LogP contribution in [-0.2, 0) is 17.5 Å². The summed E-state index contributed by atoms with van der Waals surface area (Å²) in [6.07, 6.45) is 1.84. The number of hydrogen-bond donors (Lipinski definition) is 0. The Morgan fingerprint density at radius 1 is 0.889 bits per heavy atom. The maximum atomic E-state index is 12.6. The van der Waals surface area contributed by atoms with E-state index in [0.717, 1.165) is 31.0 Å². The molecule has 0 aromatic carbocycles. The minimum Gasteiger partial charge on any atom is -0.491 e. The quantitative estimate of drug-likeness (QED) is 0.235. The summed E-state index contributed by atoms with van der Waals surface area (Å²) < 4.78 is 20.0. The van der Waals surface area contributed by atoms with Crippen LogP contribution in [0.15, 0.2) is 12.2 Å². The second-order valence-corrected chi connectivity index (χ2v) is 20.9. The van der Waals surface area contributed by atoms with Gasteiger partial charge in [0.15, 0.2) is 8.32 Å². The Morgan fingerprint density at radius 3 is 1.59 bits per heavy atom. The zero-order valence-electron chi connectivity index (χ0n) is 19.5. The molecule has 0 aliphatic carbocycles. The van der Waals surface area contributed by atoms with Crippen molar-refractivity contribution in [1.82, 2.24) is 0 Å². The fraction of sp³-hybridized carbons (Fsp3) is 0.850. The van der Waals surface area contributed by atoms with Gasteiger partial charge in [-0.2, -0.15) is 0 Å². The smallest absolute Gasteiger partial charge is 0.398 e. The lowest BCUT2D eigenvalue weighted by Gasteiger charge is -2.46. The summed E-state index contributed by atoms with van der Waals surface area (Å²) in [7, 11) is -7.14. The van der Waals surface area contributed by atoms with Gasteiger partial charge in [-0.15, -0.1) is 0 Å². The van der Waals surface area contributed by atoms with Crippen molar-refractivity contribution in [3.05, 3.63) is 12.2 Å². The van der Waals surface area contributed by atoms with Crippen LogP contribution in [0.1, 0.15) is 68.2 Å². The Hall–Kier alpha value is -0.219. The first kappa shape index (κ1) is 26.8. The van der Waals surface area contributed by atoms with Crippen molar-refractivity contribution in [2.24, 2.45) is 0 Å². The Bertz CT molecular complexity index is 471. The first-order chi connectivity index (χ1) is 12.4. The largest absolute Gasteiger partial charge is 0.491 e. The summed E-state index contributed by atoms with van der Waals surface area (Å²) in [5.74, 6) is -0.322. The van der Waals surface area contributed by atoms with Gasteiger partial charge in [0, 0.05) is 16.7 Å². The molecule has 4 nitrogen and oxygen atoms in total. The lowest BCUT2D eigenvalue weighted by atomic mass is 10.3. The fourth-order valence-corrected chi connectivity index (χ4v) is 19.4. The van der Waals surface area contributed by atoms with Crippen LogP contribution in [0.5, 0.6) is 0 Å². The Balaban J connectivity index is 6.04. The predicted octanol–water partition coefficient (Wildman–Crippen LogP) is 6.89. The summed E-state index contributed by atoms with van der Waals surface area (Å²) in [6.45, 7) is 25.1. The normalized spacial score (nSPS) is 17.1. The van der Waals surface area contributed by atoms with E-state index in [-0.39, 0.29) is 17.1 Å². The van der Waals surface area contributed by atoms with Gasteiger partial charge in [-0.3, -0.25) is 0 Å². The highest BCUT2D eigenvalue weighted by atomic mass is 28.5. The molecular formula is C20H44O4Si3. The van der Waals surface area contributed by atoms with E-state index in [9.17, 15) is 4.79 Å². The highest BCUT2D eigenvalue weighted by Crippen LogP contribution is 2.42. The summed E-state index contributed by atoms with van der Waals surface area (Å²) in [5, 5.41) is 0. The van der Waals surface area contributed by atoms with Gasteiger partial charge < -0.3 is 12.7 Å². The van der Waals surface area contributed by atoms with E-state index >= 15 is 0 Å². The standard InChI is InChI=1S/C20H44O4Si3/c1-12-18(8)27(19(9)13-2,22-20(21)17(6)7)24-25(10,11)23-26(14-3,15-4)16-5/h18-19H,6,12-16H2,1-5,7-11H3. The lowest BCUT2D eigenvalue weighted by molar-refractivity contribution is -0.132. The predicted molar refractivity (Wildman–Crippen MR) is 123 cm³/mol. The average molecular weight is 433 g/mol. The summed E-state index contributed by atoms with van der Waals surface area (Å²) >= 11 is 0. The number of carbonyl (C=O) groups is 1. The number of rotatable bonds is 13. The van der Waals surface area contributed by atoms with E-state index in [1.54, 1.807) is 6.92 Å². The zero-order chi connectivity index (χ0) is 21.5. The molecule has 0 bridgehead atoms. The molecule has 0 amide bonds. The van der Waals surface area contributed by atoms with Crippen molar-refractivity contribution in [3.63, 3.8) is 0 Å². The molecule has 160 valence electrons. The molecule has 0 radical (unpaired) electrons. The zero-order valence-corrected chi connectivity index (χ0v) is 22.5. The van der Waals surface area contributed by atoms with Crippen LogP contribution in [0.25, 0.3) is 0 Å². The molecule has 0 aromatic rings. The third-order valence-corrected chi connectivity index (χ3v) is 20.9. The van der Waals surface area contributed by atoms with E-state index in [1.165, 1.54) is 0 Å². The van der Waals surface area contributed by atoms with Gasteiger partial charge in [0.2, 0.25) is 0 Å². The maximum absolute atomic E-state index is 12.6. The average Bonchev–Trinajstić information content (AvgIpc) is 2.63. The van der Waals surface area contributed by atoms with Crippen molar-refractivity contribution in [3.8, 4) is 0 Å². The second kappa shape index (κ2) is 11.1. The van der Waals surface area contributed by atoms with Crippen LogP contribution < -0.4 is 0 Å². The Labute approximate surface area is 171 Å². The fourth-order valence-electron chi connectivity index (χ4n) is 3.60. The third kappa shape index (κ3) is 6.96. The minimum absolute atomic E-state index is 0.201. The Morgan fingerprint density at radius 2 is 1.30 bits per heavy atom. The van der Waals surface area contributed by atoms with Crippen LogP contribution in [-0.4, -0.2) is 31.4 Å². The summed E-state index contributed by atoms with van der Waals surface area (Å²) in [5.41, 5.74) is 0.834. The van der Waals surface area contributed by atoms with Gasteiger partial charge in [-0.25, -0.2) is 4.79 Å². The highest BCUT2D eigenvalue weighted by molar-refractivity contribution is 6.88. The molecule has 0 aliphatic rings. The molecule has 0 rings (SSSR count). The van der Waals surface area contributed by atoms with E-state index < -0.39 is 25.4 Å². The molecule has 0 heterocycles. The minimum atomic E-state index is -2.85. The number of hydrogen-bond acceptors (Lipinski definition) is 4. The molecular weight excluding hydrogens is 388 g/mol. The topological polar surface area (TPSA) is 44.8 Å². The second-order valence-electron chi connectivity index (χ2n) is 8.36. The Kier molecular flexibility index (Phi) is 11.0. The first-order valence-electron chi connectivity index (χ1n) is 10.7. The van der Waals surface area contributed by atoms with E-state index in [2.05, 4.69) is 68.1 Å². The molecule has 7 heteroatoms. The molecule has 0 saturated heterocycles. The first-order valence-corrected chi connectivity index (χ1v) is 18.0. The van der Waals surface area contributed by atoms with Crippen molar-refractivity contribution in [2.45, 2.75) is 111 Å². The summed E-state index contributed by atoms with van der Waals surface area (Å²) in [6, 6.07) is 3.27. The third-order valence-electron chi connectivity index (χ3n) is 6.00. The summed E-state index contributed by atoms with van der Waals surface area (Å²) in [4.78, 5) is 12.6. The van der Waals surface area contributed by atoms with Gasteiger partial charge in [0.25, 0.3) is 0 Å². The van der Waals surface area contributed by atoms with Gasteiger partial charge in [-0.05, 0) is 38.2 Å². The maximum Gasteiger partial charge on any atom is 0.398 e. The molecule has 0 fully saturated rings. The van der Waals surface area contributed by atoms with Crippen LogP contribution >= 0.6 is 0 Å². The van der Waals surface area contributed by atoms with E-state index in [1.807, 2.05) is 0 Å². The van der Waals surface area contributed by atoms with Crippen molar-refractivity contribution >= 4 is 31.4 Å². The molecule has 0 aromatic heterocycles. The molecule has 0 saturated carbocycles. The molecule has 27 heavy (non-hydrogen) atoms. The van der Waals surface area contributed by atoms with Gasteiger partial charge >= 0.3 is 23.1 Å².